The summed E-state index contributed by atoms with van der Waals surface area (Å²) < 4.78 is 23.0. The second-order valence-electron chi connectivity index (χ2n) is 12.8. The quantitative estimate of drug-likeness (QED) is 0.0353. The van der Waals surface area contributed by atoms with Crippen molar-refractivity contribution in [3.8, 4) is 0 Å². The van der Waals surface area contributed by atoms with Crippen molar-refractivity contribution in [2.45, 2.75) is 135 Å². The smallest absolute Gasteiger partial charge is 0.268 e. The predicted molar refractivity (Wildman–Crippen MR) is 187 cm³/mol. The summed E-state index contributed by atoms with van der Waals surface area (Å²) in [7, 11) is 1.27. The van der Waals surface area contributed by atoms with Crippen LogP contribution >= 0.6 is 7.82 Å². The average Bonchev–Trinajstić information content (AvgIpc) is 2.97. The molecule has 0 rings (SSSR count). The number of amides is 1. The third-order valence-electron chi connectivity index (χ3n) is 7.33. The maximum atomic E-state index is 12.7. The van der Waals surface area contributed by atoms with Crippen molar-refractivity contribution < 1.29 is 32.9 Å². The van der Waals surface area contributed by atoms with E-state index in [1.54, 1.807) is 0 Å². The molecule has 8 nitrogen and oxygen atoms in total. The highest BCUT2D eigenvalue weighted by atomic mass is 31.2. The van der Waals surface area contributed by atoms with Gasteiger partial charge in [-0.2, -0.15) is 0 Å². The Labute approximate surface area is 276 Å². The van der Waals surface area contributed by atoms with Gasteiger partial charge in [0.1, 0.15) is 13.2 Å². The van der Waals surface area contributed by atoms with E-state index in [1.807, 2.05) is 21.1 Å². The molecule has 0 aromatic carbocycles. The van der Waals surface area contributed by atoms with Gasteiger partial charge in [-0.1, -0.05) is 114 Å². The zero-order chi connectivity index (χ0) is 33.7. The van der Waals surface area contributed by atoms with Gasteiger partial charge in [-0.05, 0) is 51.4 Å². The Morgan fingerprint density at radius 2 is 1.36 bits per heavy atom. The Morgan fingerprint density at radius 3 is 1.98 bits per heavy atom. The topological polar surface area (TPSA) is 108 Å². The molecule has 2 N–H and O–H groups in total. The number of carbonyl (C=O) groups is 1. The van der Waals surface area contributed by atoms with E-state index >= 15 is 0 Å². The molecule has 0 aliphatic rings. The fraction of sp³-hybridized carbons (Fsp3) is 0.750. The van der Waals surface area contributed by atoms with Crippen LogP contribution in [0.4, 0.5) is 0 Å². The lowest BCUT2D eigenvalue weighted by atomic mass is 10.0. The molecule has 9 heteroatoms. The molecular weight excluding hydrogens is 587 g/mol. The van der Waals surface area contributed by atoms with Gasteiger partial charge in [0.05, 0.1) is 39.9 Å². The Kier molecular flexibility index (Phi) is 27.7. The number of rotatable bonds is 30. The number of phosphoric ester groups is 1. The fourth-order valence-electron chi connectivity index (χ4n) is 4.50. The van der Waals surface area contributed by atoms with Gasteiger partial charge in [-0.25, -0.2) is 0 Å². The van der Waals surface area contributed by atoms with E-state index in [2.05, 4.69) is 67.8 Å². The summed E-state index contributed by atoms with van der Waals surface area (Å²) in [5.74, 6) is -0.198. The van der Waals surface area contributed by atoms with Crippen LogP contribution in [0.25, 0.3) is 0 Å². The summed E-state index contributed by atoms with van der Waals surface area (Å²) in [6.07, 6.45) is 32.8. The van der Waals surface area contributed by atoms with Crippen molar-refractivity contribution in [2.75, 3.05) is 40.9 Å². The molecule has 262 valence electrons. The van der Waals surface area contributed by atoms with E-state index in [0.717, 1.165) is 77.0 Å². The van der Waals surface area contributed by atoms with Gasteiger partial charge in [-0.15, -0.1) is 0 Å². The van der Waals surface area contributed by atoms with Crippen LogP contribution in [-0.4, -0.2) is 68.5 Å². The number of nitrogens with one attached hydrogen (secondary N) is 1. The number of aliphatic hydroxyl groups excluding tert-OH is 1. The molecule has 0 spiro atoms. The lowest BCUT2D eigenvalue weighted by Crippen LogP contribution is -2.46. The summed E-state index contributed by atoms with van der Waals surface area (Å²) in [6, 6.07) is -0.810. The fourth-order valence-corrected chi connectivity index (χ4v) is 5.22. The Morgan fingerprint density at radius 1 is 0.800 bits per heavy atom. The van der Waals surface area contributed by atoms with Gasteiger partial charge in [0, 0.05) is 6.42 Å². The average molecular weight is 655 g/mol. The van der Waals surface area contributed by atoms with Gasteiger partial charge in [0.25, 0.3) is 7.82 Å². The van der Waals surface area contributed by atoms with E-state index in [9.17, 15) is 19.4 Å². The van der Waals surface area contributed by atoms with Crippen molar-refractivity contribution in [1.29, 1.82) is 0 Å². The first-order chi connectivity index (χ1) is 21.5. The zero-order valence-corrected chi connectivity index (χ0v) is 30.2. The number of phosphoric acid groups is 1. The molecule has 0 fully saturated rings. The molecule has 0 saturated carbocycles. The number of carbonyl (C=O) groups excluding carboxylic acids is 1. The molecule has 0 aromatic heterocycles. The standard InChI is InChI=1S/C36H67N2O6P/c1-6-8-10-12-14-15-16-17-18-19-20-21-22-23-24-26-28-30-36(40)37-34(35(39)29-27-25-13-11-9-7-2)33-44-45(41,42)43-32-31-38(3,4)5/h8,10,14-15,17-18,20-21,34-35,39H,6-7,9,11-13,16,19,22-33H2,1-5H3,(H-,37,40,41,42)/b10-8-,15-14-,18-17-,21-20-. The maximum absolute atomic E-state index is 12.7. The largest absolute Gasteiger partial charge is 0.756 e. The minimum absolute atomic E-state index is 0.00387. The third kappa shape index (κ3) is 30.9. The summed E-state index contributed by atoms with van der Waals surface area (Å²) in [5.41, 5.74) is 0. The highest BCUT2D eigenvalue weighted by Gasteiger charge is 2.24. The van der Waals surface area contributed by atoms with Crippen LogP contribution in [0.2, 0.25) is 0 Å². The molecule has 0 bridgehead atoms. The zero-order valence-electron chi connectivity index (χ0n) is 29.3. The maximum Gasteiger partial charge on any atom is 0.268 e. The van der Waals surface area contributed by atoms with Crippen molar-refractivity contribution in [2.24, 2.45) is 0 Å². The number of unbranched alkanes of at least 4 members (excludes halogenated alkanes) is 9. The first-order valence-electron chi connectivity index (χ1n) is 17.5. The van der Waals surface area contributed by atoms with Gasteiger partial charge in [0.2, 0.25) is 5.91 Å². The number of hydrogen-bond acceptors (Lipinski definition) is 6. The van der Waals surface area contributed by atoms with Crippen molar-refractivity contribution in [1.82, 2.24) is 5.32 Å². The lowest BCUT2D eigenvalue weighted by molar-refractivity contribution is -0.870. The van der Waals surface area contributed by atoms with Gasteiger partial charge < -0.3 is 28.8 Å². The number of likely N-dealkylation sites (N-methyl/N-ethyl adjacent to an activating group) is 1. The molecule has 1 amide bonds. The van der Waals surface area contributed by atoms with E-state index < -0.39 is 20.0 Å². The minimum Gasteiger partial charge on any atom is -0.756 e. The normalized spacial score (nSPS) is 15.4. The van der Waals surface area contributed by atoms with Crippen molar-refractivity contribution in [3.05, 3.63) is 48.6 Å². The van der Waals surface area contributed by atoms with Crippen LogP contribution in [-0.2, 0) is 18.4 Å². The Balaban J connectivity index is 4.43. The number of hydrogen-bond donors (Lipinski definition) is 2. The first kappa shape index (κ1) is 43.5. The molecule has 0 aliphatic carbocycles. The first-order valence-corrected chi connectivity index (χ1v) is 18.9. The summed E-state index contributed by atoms with van der Waals surface area (Å²) in [4.78, 5) is 25.0. The summed E-state index contributed by atoms with van der Waals surface area (Å²) >= 11 is 0. The van der Waals surface area contributed by atoms with Crippen LogP contribution < -0.4 is 10.2 Å². The monoisotopic (exact) mass is 654 g/mol. The predicted octanol–water partition coefficient (Wildman–Crippen LogP) is 7.94. The molecule has 3 unspecified atom stereocenters. The van der Waals surface area contributed by atoms with Gasteiger partial charge in [0.15, 0.2) is 0 Å². The lowest BCUT2D eigenvalue weighted by Gasteiger charge is -2.30. The van der Waals surface area contributed by atoms with Crippen LogP contribution in [0.1, 0.15) is 123 Å². The second-order valence-corrected chi connectivity index (χ2v) is 14.3. The molecule has 45 heavy (non-hydrogen) atoms. The summed E-state index contributed by atoms with van der Waals surface area (Å²) in [6.45, 7) is 4.47. The highest BCUT2D eigenvalue weighted by molar-refractivity contribution is 7.45. The van der Waals surface area contributed by atoms with Gasteiger partial charge >= 0.3 is 0 Å². The van der Waals surface area contributed by atoms with Crippen LogP contribution in [0.5, 0.6) is 0 Å². The number of aliphatic hydroxyl groups is 1. The SMILES string of the molecule is CC/C=C\C/C=C\C/C=C\C/C=C\CCCCCCC(=O)NC(COP(=O)([O-])OCC[N+](C)(C)C)C(O)CCCCCCCC. The molecule has 0 aliphatic heterocycles. The summed E-state index contributed by atoms with van der Waals surface area (Å²) in [5, 5.41) is 13.6. The second kappa shape index (κ2) is 28.7. The number of quaternary nitrogens is 1. The number of allylic oxidation sites excluding steroid dienone is 8. The van der Waals surface area contributed by atoms with E-state index in [4.69, 9.17) is 9.05 Å². The van der Waals surface area contributed by atoms with Crippen molar-refractivity contribution in [3.63, 3.8) is 0 Å². The van der Waals surface area contributed by atoms with Crippen LogP contribution in [0.15, 0.2) is 48.6 Å². The third-order valence-corrected chi connectivity index (χ3v) is 8.30. The van der Waals surface area contributed by atoms with E-state index in [-0.39, 0.29) is 19.1 Å². The van der Waals surface area contributed by atoms with E-state index in [0.29, 0.717) is 23.9 Å². The minimum atomic E-state index is -4.55. The van der Waals surface area contributed by atoms with E-state index in [1.165, 1.54) is 19.3 Å². The van der Waals surface area contributed by atoms with Crippen molar-refractivity contribution >= 4 is 13.7 Å². The van der Waals surface area contributed by atoms with Gasteiger partial charge in [-0.3, -0.25) is 9.36 Å². The molecule has 0 aromatic rings. The molecule has 0 saturated heterocycles. The molecule has 0 heterocycles. The Hall–Kier alpha value is -1.54. The highest BCUT2D eigenvalue weighted by Crippen LogP contribution is 2.38. The van der Waals surface area contributed by atoms with Crippen LogP contribution in [0.3, 0.4) is 0 Å². The molecule has 0 radical (unpaired) electrons. The number of nitrogens with zero attached hydrogens (tertiary/aromatic N) is 1. The van der Waals surface area contributed by atoms with Crippen LogP contribution in [0, 0.1) is 0 Å². The molecule has 3 atom stereocenters. The molecular formula is C36H67N2O6P. The Bertz CT molecular complexity index is 881.